The van der Waals surface area contributed by atoms with Crippen LogP contribution in [-0.2, 0) is 6.42 Å². The van der Waals surface area contributed by atoms with Gasteiger partial charge in [-0.25, -0.2) is 0 Å². The van der Waals surface area contributed by atoms with Crippen molar-refractivity contribution < 1.29 is 9.47 Å². The van der Waals surface area contributed by atoms with Gasteiger partial charge >= 0.3 is 0 Å². The molecule has 0 saturated carbocycles. The van der Waals surface area contributed by atoms with Crippen LogP contribution in [0, 0.1) is 0 Å². The van der Waals surface area contributed by atoms with Crippen LogP contribution < -0.4 is 15.2 Å². The number of hydrogen-bond acceptors (Lipinski definition) is 3. The van der Waals surface area contributed by atoms with E-state index in [-0.39, 0.29) is 6.10 Å². The quantitative estimate of drug-likeness (QED) is 0.876. The Morgan fingerprint density at radius 2 is 1.80 bits per heavy atom. The van der Waals surface area contributed by atoms with Crippen molar-refractivity contribution in [3.8, 4) is 11.5 Å². The average Bonchev–Trinajstić information content (AvgIpc) is 2.49. The van der Waals surface area contributed by atoms with E-state index < -0.39 is 0 Å². The third-order valence-corrected chi connectivity index (χ3v) is 3.23. The smallest absolute Gasteiger partial charge is 0.162 e. The molecular formula is C17H21NO2. The van der Waals surface area contributed by atoms with Gasteiger partial charge in [0, 0.05) is 0 Å². The highest BCUT2D eigenvalue weighted by molar-refractivity contribution is 5.43. The van der Waals surface area contributed by atoms with Gasteiger partial charge in [0.1, 0.15) is 6.10 Å². The second kappa shape index (κ2) is 6.96. The summed E-state index contributed by atoms with van der Waals surface area (Å²) in [4.78, 5) is 0. The molecule has 0 aromatic heterocycles. The van der Waals surface area contributed by atoms with Gasteiger partial charge in [0.05, 0.1) is 7.11 Å². The molecule has 0 radical (unpaired) electrons. The Balaban J connectivity index is 2.20. The van der Waals surface area contributed by atoms with E-state index in [9.17, 15) is 0 Å². The van der Waals surface area contributed by atoms with Gasteiger partial charge in [-0.05, 0) is 43.1 Å². The van der Waals surface area contributed by atoms with Crippen molar-refractivity contribution in [2.75, 3.05) is 13.7 Å². The van der Waals surface area contributed by atoms with E-state index in [4.69, 9.17) is 15.2 Å². The second-order valence-corrected chi connectivity index (χ2v) is 4.69. The minimum Gasteiger partial charge on any atom is -0.493 e. The molecule has 1 atom stereocenters. The molecule has 0 aliphatic carbocycles. The molecule has 3 heteroatoms. The van der Waals surface area contributed by atoms with Crippen LogP contribution in [0.25, 0.3) is 0 Å². The molecule has 0 spiro atoms. The fourth-order valence-electron chi connectivity index (χ4n) is 2.12. The number of benzene rings is 2. The summed E-state index contributed by atoms with van der Waals surface area (Å²) in [6, 6.07) is 16.1. The number of methoxy groups -OCH3 is 1. The first-order valence-corrected chi connectivity index (χ1v) is 6.83. The fourth-order valence-corrected chi connectivity index (χ4v) is 2.12. The van der Waals surface area contributed by atoms with Crippen molar-refractivity contribution in [1.29, 1.82) is 0 Å². The average molecular weight is 271 g/mol. The summed E-state index contributed by atoms with van der Waals surface area (Å²) in [6.07, 6.45) is 0.804. The molecule has 0 saturated heterocycles. The third kappa shape index (κ3) is 3.52. The Morgan fingerprint density at radius 3 is 2.45 bits per heavy atom. The van der Waals surface area contributed by atoms with Crippen molar-refractivity contribution in [2.24, 2.45) is 5.73 Å². The zero-order valence-electron chi connectivity index (χ0n) is 12.0. The van der Waals surface area contributed by atoms with E-state index in [0.29, 0.717) is 6.54 Å². The Kier molecular flexibility index (Phi) is 5.02. The molecule has 0 fully saturated rings. The van der Waals surface area contributed by atoms with Gasteiger partial charge in [0.2, 0.25) is 0 Å². The summed E-state index contributed by atoms with van der Waals surface area (Å²) in [5.41, 5.74) is 7.90. The first kappa shape index (κ1) is 14.4. The van der Waals surface area contributed by atoms with Crippen molar-refractivity contribution in [3.05, 3.63) is 59.7 Å². The van der Waals surface area contributed by atoms with Crippen LogP contribution in [-0.4, -0.2) is 13.7 Å². The maximum atomic E-state index is 6.04. The zero-order valence-corrected chi connectivity index (χ0v) is 12.0. The van der Waals surface area contributed by atoms with Crippen LogP contribution in [0.1, 0.15) is 24.2 Å². The molecule has 2 aromatic carbocycles. The van der Waals surface area contributed by atoms with Crippen molar-refractivity contribution in [3.63, 3.8) is 0 Å². The molecule has 0 amide bonds. The van der Waals surface area contributed by atoms with Gasteiger partial charge in [-0.2, -0.15) is 0 Å². The van der Waals surface area contributed by atoms with E-state index in [2.05, 4.69) is 12.1 Å². The Morgan fingerprint density at radius 1 is 1.05 bits per heavy atom. The summed E-state index contributed by atoms with van der Waals surface area (Å²) in [5.74, 6) is 1.50. The standard InChI is InChI=1S/C17H21NO2/c1-13(15-6-4-3-5-7-15)20-17-12-14(10-11-18)8-9-16(17)19-2/h3-9,12-13H,10-11,18H2,1-2H3. The van der Waals surface area contributed by atoms with Gasteiger partial charge in [0.25, 0.3) is 0 Å². The molecule has 2 aromatic rings. The van der Waals surface area contributed by atoms with Crippen LogP contribution in [0.3, 0.4) is 0 Å². The van der Waals surface area contributed by atoms with Gasteiger partial charge in [-0.1, -0.05) is 36.4 Å². The van der Waals surface area contributed by atoms with Gasteiger partial charge in [-0.3, -0.25) is 0 Å². The lowest BCUT2D eigenvalue weighted by Gasteiger charge is -2.18. The topological polar surface area (TPSA) is 44.5 Å². The lowest BCUT2D eigenvalue weighted by molar-refractivity contribution is 0.215. The van der Waals surface area contributed by atoms with Crippen LogP contribution >= 0.6 is 0 Å². The maximum absolute atomic E-state index is 6.04. The van der Waals surface area contributed by atoms with E-state index >= 15 is 0 Å². The molecular weight excluding hydrogens is 250 g/mol. The highest BCUT2D eigenvalue weighted by Gasteiger charge is 2.11. The Labute approximate surface area is 120 Å². The number of rotatable bonds is 6. The molecule has 106 valence electrons. The molecule has 20 heavy (non-hydrogen) atoms. The van der Waals surface area contributed by atoms with Crippen LogP contribution in [0.5, 0.6) is 11.5 Å². The summed E-state index contributed by atoms with van der Waals surface area (Å²) >= 11 is 0. The van der Waals surface area contributed by atoms with Gasteiger partial charge < -0.3 is 15.2 Å². The Bertz CT molecular complexity index is 540. The van der Waals surface area contributed by atoms with E-state index in [1.165, 1.54) is 0 Å². The highest BCUT2D eigenvalue weighted by Crippen LogP contribution is 2.32. The molecule has 0 aliphatic heterocycles. The monoisotopic (exact) mass is 271 g/mol. The summed E-state index contributed by atoms with van der Waals surface area (Å²) in [5, 5.41) is 0. The van der Waals surface area contributed by atoms with Gasteiger partial charge in [0.15, 0.2) is 11.5 Å². The summed E-state index contributed by atoms with van der Waals surface area (Å²) < 4.78 is 11.4. The first-order chi connectivity index (χ1) is 9.74. The fraction of sp³-hybridized carbons (Fsp3) is 0.294. The minimum absolute atomic E-state index is 0.0294. The summed E-state index contributed by atoms with van der Waals surface area (Å²) in [7, 11) is 1.65. The molecule has 1 unspecified atom stereocenters. The van der Waals surface area contributed by atoms with E-state index in [1.54, 1.807) is 7.11 Å². The lowest BCUT2D eigenvalue weighted by atomic mass is 10.1. The van der Waals surface area contributed by atoms with Crippen molar-refractivity contribution in [2.45, 2.75) is 19.4 Å². The predicted octanol–water partition coefficient (Wildman–Crippen LogP) is 3.34. The van der Waals surface area contributed by atoms with E-state index in [1.807, 2.05) is 43.3 Å². The molecule has 3 nitrogen and oxygen atoms in total. The second-order valence-electron chi connectivity index (χ2n) is 4.69. The largest absolute Gasteiger partial charge is 0.493 e. The first-order valence-electron chi connectivity index (χ1n) is 6.83. The predicted molar refractivity (Wildman–Crippen MR) is 81.2 cm³/mol. The lowest BCUT2D eigenvalue weighted by Crippen LogP contribution is -2.06. The van der Waals surface area contributed by atoms with Crippen LogP contribution in [0.15, 0.2) is 48.5 Å². The molecule has 0 aliphatic rings. The third-order valence-electron chi connectivity index (χ3n) is 3.23. The molecule has 2 N–H and O–H groups in total. The minimum atomic E-state index is -0.0294. The number of nitrogens with two attached hydrogens (primary N) is 1. The number of hydrogen-bond donors (Lipinski definition) is 1. The highest BCUT2D eigenvalue weighted by atomic mass is 16.5. The SMILES string of the molecule is COc1ccc(CCN)cc1OC(C)c1ccccc1. The molecule has 2 rings (SSSR count). The van der Waals surface area contributed by atoms with Crippen molar-refractivity contribution >= 4 is 0 Å². The maximum Gasteiger partial charge on any atom is 0.162 e. The normalized spacial score (nSPS) is 11.9. The van der Waals surface area contributed by atoms with Crippen molar-refractivity contribution in [1.82, 2.24) is 0 Å². The molecule has 0 heterocycles. The summed E-state index contributed by atoms with van der Waals surface area (Å²) in [6.45, 7) is 2.66. The Hall–Kier alpha value is -2.00. The van der Waals surface area contributed by atoms with E-state index in [0.717, 1.165) is 29.0 Å². The zero-order chi connectivity index (χ0) is 14.4. The van der Waals surface area contributed by atoms with Crippen LogP contribution in [0.4, 0.5) is 0 Å². The van der Waals surface area contributed by atoms with Crippen LogP contribution in [0.2, 0.25) is 0 Å². The van der Waals surface area contributed by atoms with Gasteiger partial charge in [-0.15, -0.1) is 0 Å². The number of ether oxygens (including phenoxy) is 2. The molecule has 0 bridgehead atoms.